The highest BCUT2D eigenvalue weighted by Crippen LogP contribution is 2.16. The molecule has 2 heteroatoms. The minimum Gasteiger partial charge on any atom is -0.353 e. The van der Waals surface area contributed by atoms with E-state index in [0.717, 1.165) is 17.6 Å². The molecule has 0 heterocycles. The molecular formula is C13H17NO. The van der Waals surface area contributed by atoms with Gasteiger partial charge in [0.1, 0.15) is 0 Å². The first kappa shape index (κ1) is 11.5. The molecule has 0 saturated heterocycles. The van der Waals surface area contributed by atoms with Crippen LogP contribution in [0.3, 0.4) is 0 Å². The summed E-state index contributed by atoms with van der Waals surface area (Å²) < 4.78 is 0. The van der Waals surface area contributed by atoms with Crippen LogP contribution >= 0.6 is 0 Å². The number of amides is 1. The normalized spacial score (nSPS) is 11.2. The molecule has 0 aliphatic carbocycles. The van der Waals surface area contributed by atoms with Crippen LogP contribution < -0.4 is 5.32 Å². The Bertz CT molecular complexity index is 341. The first-order valence-electron chi connectivity index (χ1n) is 5.31. The number of benzene rings is 1. The monoisotopic (exact) mass is 203 g/mol. The Morgan fingerprint density at radius 2 is 1.93 bits per heavy atom. The van der Waals surface area contributed by atoms with Crippen molar-refractivity contribution in [2.24, 2.45) is 0 Å². The Balaban J connectivity index is 2.84. The summed E-state index contributed by atoms with van der Waals surface area (Å²) in [7, 11) is 0. The van der Waals surface area contributed by atoms with Crippen molar-refractivity contribution in [2.75, 3.05) is 6.54 Å². The molecule has 0 bridgehead atoms. The van der Waals surface area contributed by atoms with Gasteiger partial charge in [-0.3, -0.25) is 4.79 Å². The van der Waals surface area contributed by atoms with Gasteiger partial charge in [-0.1, -0.05) is 37.3 Å². The third-order valence-corrected chi connectivity index (χ3v) is 2.18. The van der Waals surface area contributed by atoms with Crippen molar-refractivity contribution < 1.29 is 4.79 Å². The quantitative estimate of drug-likeness (QED) is 0.749. The van der Waals surface area contributed by atoms with Crippen LogP contribution in [-0.4, -0.2) is 12.5 Å². The number of allylic oxidation sites excluding steroid dienone is 1. The molecule has 0 radical (unpaired) electrons. The predicted octanol–water partition coefficient (Wildman–Crippen LogP) is 2.62. The summed E-state index contributed by atoms with van der Waals surface area (Å²) in [4.78, 5) is 11.4. The summed E-state index contributed by atoms with van der Waals surface area (Å²) in [5, 5.41) is 2.76. The molecule has 0 spiro atoms. The number of rotatable bonds is 4. The molecule has 80 valence electrons. The molecule has 1 aromatic carbocycles. The van der Waals surface area contributed by atoms with Crippen LogP contribution in [0.25, 0.3) is 5.57 Å². The van der Waals surface area contributed by atoms with Crippen molar-refractivity contribution in [3.05, 3.63) is 42.0 Å². The summed E-state index contributed by atoms with van der Waals surface area (Å²) in [5.74, 6) is -0.0156. The lowest BCUT2D eigenvalue weighted by molar-refractivity contribution is -0.116. The Kier molecular flexibility index (Phi) is 4.61. The topological polar surface area (TPSA) is 29.1 Å². The number of hydrogen-bond acceptors (Lipinski definition) is 1. The predicted molar refractivity (Wildman–Crippen MR) is 63.4 cm³/mol. The van der Waals surface area contributed by atoms with Crippen molar-refractivity contribution in [1.82, 2.24) is 5.32 Å². The molecule has 2 nitrogen and oxygen atoms in total. The Hall–Kier alpha value is -1.57. The zero-order chi connectivity index (χ0) is 11.1. The van der Waals surface area contributed by atoms with E-state index >= 15 is 0 Å². The van der Waals surface area contributed by atoms with E-state index in [4.69, 9.17) is 0 Å². The molecule has 15 heavy (non-hydrogen) atoms. The van der Waals surface area contributed by atoms with E-state index < -0.39 is 0 Å². The second-order valence-corrected chi connectivity index (χ2v) is 3.28. The van der Waals surface area contributed by atoms with Gasteiger partial charge < -0.3 is 5.32 Å². The third-order valence-electron chi connectivity index (χ3n) is 2.18. The van der Waals surface area contributed by atoms with E-state index in [9.17, 15) is 4.79 Å². The molecule has 1 rings (SSSR count). The van der Waals surface area contributed by atoms with Crippen LogP contribution in [0.4, 0.5) is 0 Å². The smallest absolute Gasteiger partial charge is 0.244 e. The summed E-state index contributed by atoms with van der Waals surface area (Å²) in [6.07, 6.45) is 2.54. The number of nitrogens with one attached hydrogen (secondary N) is 1. The lowest BCUT2D eigenvalue weighted by atomic mass is 10.0. The lowest BCUT2D eigenvalue weighted by Gasteiger charge is -2.04. The van der Waals surface area contributed by atoms with Gasteiger partial charge in [0.15, 0.2) is 0 Å². The van der Waals surface area contributed by atoms with E-state index in [1.54, 1.807) is 6.08 Å². The van der Waals surface area contributed by atoms with Crippen LogP contribution in [-0.2, 0) is 4.79 Å². The van der Waals surface area contributed by atoms with Gasteiger partial charge in [-0.2, -0.15) is 0 Å². The van der Waals surface area contributed by atoms with E-state index in [1.807, 2.05) is 37.3 Å². The van der Waals surface area contributed by atoms with Gasteiger partial charge in [-0.25, -0.2) is 0 Å². The van der Waals surface area contributed by atoms with Crippen molar-refractivity contribution in [1.29, 1.82) is 0 Å². The average Bonchev–Trinajstić information content (AvgIpc) is 2.27. The highest BCUT2D eigenvalue weighted by atomic mass is 16.1. The number of hydrogen-bond donors (Lipinski definition) is 1. The minimum atomic E-state index is -0.0156. The van der Waals surface area contributed by atoms with Gasteiger partial charge >= 0.3 is 0 Å². The first-order chi connectivity index (χ1) is 7.27. The summed E-state index contributed by atoms with van der Waals surface area (Å²) >= 11 is 0. The van der Waals surface area contributed by atoms with Gasteiger partial charge in [-0.05, 0) is 24.5 Å². The standard InChI is InChI=1S/C13H17NO/c1-3-11(10-13(15)14-4-2)12-8-6-5-7-9-12/h5-10H,3-4H2,1-2H3,(H,14,15)/b11-10+. The average molecular weight is 203 g/mol. The number of likely N-dealkylation sites (N-methyl/N-ethyl adjacent to an activating group) is 1. The van der Waals surface area contributed by atoms with Gasteiger partial charge in [-0.15, -0.1) is 0 Å². The van der Waals surface area contributed by atoms with E-state index in [0.29, 0.717) is 6.54 Å². The molecule has 1 amide bonds. The first-order valence-corrected chi connectivity index (χ1v) is 5.31. The molecule has 0 aromatic heterocycles. The molecule has 1 aromatic rings. The van der Waals surface area contributed by atoms with Crippen LogP contribution in [0.1, 0.15) is 25.8 Å². The van der Waals surface area contributed by atoms with Crippen LogP contribution in [0, 0.1) is 0 Å². The van der Waals surface area contributed by atoms with Gasteiger partial charge in [0.2, 0.25) is 5.91 Å². The van der Waals surface area contributed by atoms with Crippen LogP contribution in [0.5, 0.6) is 0 Å². The highest BCUT2D eigenvalue weighted by Gasteiger charge is 2.01. The maximum Gasteiger partial charge on any atom is 0.244 e. The van der Waals surface area contributed by atoms with E-state index in [1.165, 1.54) is 0 Å². The van der Waals surface area contributed by atoms with Gasteiger partial charge in [0.25, 0.3) is 0 Å². The molecular weight excluding hydrogens is 186 g/mol. The van der Waals surface area contributed by atoms with Crippen molar-refractivity contribution in [3.8, 4) is 0 Å². The fourth-order valence-electron chi connectivity index (χ4n) is 1.43. The molecule has 0 aliphatic heterocycles. The SMILES string of the molecule is CCNC(=O)/C=C(\CC)c1ccccc1. The molecule has 0 unspecified atom stereocenters. The largest absolute Gasteiger partial charge is 0.353 e. The molecule has 0 fully saturated rings. The molecule has 1 N–H and O–H groups in total. The Labute approximate surface area is 91.0 Å². The minimum absolute atomic E-state index is 0.0156. The Morgan fingerprint density at radius 3 is 2.47 bits per heavy atom. The second kappa shape index (κ2) is 6.02. The van der Waals surface area contributed by atoms with Crippen molar-refractivity contribution >= 4 is 11.5 Å². The fraction of sp³-hybridized carbons (Fsp3) is 0.308. The molecule has 0 atom stereocenters. The molecule has 0 saturated carbocycles. The van der Waals surface area contributed by atoms with Crippen LogP contribution in [0.2, 0.25) is 0 Å². The zero-order valence-corrected chi connectivity index (χ0v) is 9.29. The third kappa shape index (κ3) is 3.58. The number of carbonyl (C=O) groups excluding carboxylic acids is 1. The van der Waals surface area contributed by atoms with Gasteiger partial charge in [0, 0.05) is 12.6 Å². The Morgan fingerprint density at radius 1 is 1.27 bits per heavy atom. The maximum atomic E-state index is 11.4. The van der Waals surface area contributed by atoms with E-state index in [-0.39, 0.29) is 5.91 Å². The van der Waals surface area contributed by atoms with Crippen LogP contribution in [0.15, 0.2) is 36.4 Å². The van der Waals surface area contributed by atoms with Crippen molar-refractivity contribution in [2.45, 2.75) is 20.3 Å². The molecule has 0 aliphatic rings. The summed E-state index contributed by atoms with van der Waals surface area (Å²) in [5.41, 5.74) is 2.19. The second-order valence-electron chi connectivity index (χ2n) is 3.28. The zero-order valence-electron chi connectivity index (χ0n) is 9.29. The summed E-state index contributed by atoms with van der Waals surface area (Å²) in [6.45, 7) is 4.64. The lowest BCUT2D eigenvalue weighted by Crippen LogP contribution is -2.20. The number of carbonyl (C=O) groups is 1. The highest BCUT2D eigenvalue weighted by molar-refractivity contribution is 5.95. The van der Waals surface area contributed by atoms with Gasteiger partial charge in [0.05, 0.1) is 0 Å². The maximum absolute atomic E-state index is 11.4. The fourth-order valence-corrected chi connectivity index (χ4v) is 1.43. The summed E-state index contributed by atoms with van der Waals surface area (Å²) in [6, 6.07) is 9.99. The van der Waals surface area contributed by atoms with E-state index in [2.05, 4.69) is 12.2 Å². The van der Waals surface area contributed by atoms with Crippen molar-refractivity contribution in [3.63, 3.8) is 0 Å².